The molecule has 108 valence electrons. The number of alkyl halides is 3. The van der Waals surface area contributed by atoms with Crippen LogP contribution in [0.4, 0.5) is 13.2 Å². The van der Waals surface area contributed by atoms with Crippen LogP contribution >= 0.6 is 0 Å². The fourth-order valence-corrected chi connectivity index (χ4v) is 2.22. The summed E-state index contributed by atoms with van der Waals surface area (Å²) in [5.74, 6) is 0.343. The van der Waals surface area contributed by atoms with Gasteiger partial charge in [0.2, 0.25) is 0 Å². The molecular weight excluding hydrogens is 279 g/mol. The summed E-state index contributed by atoms with van der Waals surface area (Å²) in [5.41, 5.74) is 1.01. The molecule has 7 heteroatoms. The largest absolute Gasteiger partial charge is 0.484 e. The van der Waals surface area contributed by atoms with Crippen molar-refractivity contribution >= 4 is 10.8 Å². The molecule has 0 radical (unpaired) electrons. The summed E-state index contributed by atoms with van der Waals surface area (Å²) >= 11 is 0. The maximum atomic E-state index is 12.1. The molecule has 0 bridgehead atoms. The van der Waals surface area contributed by atoms with Gasteiger partial charge in [0.15, 0.2) is 6.61 Å². The van der Waals surface area contributed by atoms with Crippen LogP contribution in [-0.4, -0.2) is 27.2 Å². The Balaban J connectivity index is 2.83. The van der Waals surface area contributed by atoms with E-state index in [1.54, 1.807) is 6.92 Å². The van der Waals surface area contributed by atoms with Crippen molar-refractivity contribution in [2.24, 2.45) is 0 Å². The van der Waals surface area contributed by atoms with Gasteiger partial charge in [-0.25, -0.2) is 0 Å². The number of ether oxygens (including phenoxy) is 1. The molecule has 1 atom stereocenters. The van der Waals surface area contributed by atoms with Crippen molar-refractivity contribution in [3.8, 4) is 5.75 Å². The highest BCUT2D eigenvalue weighted by molar-refractivity contribution is 7.84. The Morgan fingerprint density at radius 3 is 2.58 bits per heavy atom. The van der Waals surface area contributed by atoms with Crippen molar-refractivity contribution in [3.63, 3.8) is 0 Å². The van der Waals surface area contributed by atoms with Crippen LogP contribution in [0.5, 0.6) is 5.75 Å². The predicted octanol–water partition coefficient (Wildman–Crippen LogP) is 2.99. The lowest BCUT2D eigenvalue weighted by Gasteiger charge is -2.13. The Morgan fingerprint density at radius 1 is 1.42 bits per heavy atom. The zero-order valence-corrected chi connectivity index (χ0v) is 11.8. The summed E-state index contributed by atoms with van der Waals surface area (Å²) in [6, 6.07) is 1.38. The second-order valence-electron chi connectivity index (χ2n) is 4.36. The number of halogens is 3. The highest BCUT2D eigenvalue weighted by Crippen LogP contribution is 2.24. The first-order valence-electron chi connectivity index (χ1n) is 5.72. The monoisotopic (exact) mass is 295 g/mol. The number of aromatic nitrogens is 1. The Kier molecular flexibility index (Phi) is 5.34. The van der Waals surface area contributed by atoms with Gasteiger partial charge in [-0.3, -0.25) is 9.19 Å². The van der Waals surface area contributed by atoms with Crippen LogP contribution < -0.4 is 4.74 Å². The quantitative estimate of drug-likeness (QED) is 0.838. The maximum absolute atomic E-state index is 12.1. The van der Waals surface area contributed by atoms with Crippen LogP contribution in [0, 0.1) is 6.92 Å². The highest BCUT2D eigenvalue weighted by atomic mass is 32.2. The maximum Gasteiger partial charge on any atom is 0.422 e. The summed E-state index contributed by atoms with van der Waals surface area (Å²) < 4.78 is 52.8. The number of hydrogen-bond acceptors (Lipinski definition) is 3. The van der Waals surface area contributed by atoms with E-state index >= 15 is 0 Å². The van der Waals surface area contributed by atoms with Crippen molar-refractivity contribution in [1.29, 1.82) is 0 Å². The molecule has 0 aliphatic heterocycles. The Morgan fingerprint density at radius 2 is 2.05 bits per heavy atom. The minimum atomic E-state index is -4.38. The van der Waals surface area contributed by atoms with E-state index < -0.39 is 23.6 Å². The molecule has 0 saturated carbocycles. The van der Waals surface area contributed by atoms with Gasteiger partial charge in [-0.15, -0.1) is 0 Å². The van der Waals surface area contributed by atoms with E-state index in [-0.39, 0.29) is 16.8 Å². The van der Waals surface area contributed by atoms with Crippen molar-refractivity contribution in [1.82, 2.24) is 4.98 Å². The van der Waals surface area contributed by atoms with Gasteiger partial charge in [-0.1, -0.05) is 13.8 Å². The standard InChI is InChI=1S/C12H16F3NO2S/c1-8(2)19(17)6-10-9(3)11(4-5-16-10)18-7-12(13,14)15/h4-5,8H,6-7H2,1-3H3. The lowest BCUT2D eigenvalue weighted by Crippen LogP contribution is -2.20. The normalized spacial score (nSPS) is 13.6. The molecule has 3 nitrogen and oxygen atoms in total. The molecule has 0 aromatic carbocycles. The first-order chi connectivity index (χ1) is 8.70. The van der Waals surface area contributed by atoms with Crippen LogP contribution in [0.2, 0.25) is 0 Å². The molecule has 0 saturated heterocycles. The van der Waals surface area contributed by atoms with E-state index in [0.717, 1.165) is 0 Å². The third kappa shape index (κ3) is 5.18. The average Bonchev–Trinajstić information content (AvgIpc) is 2.28. The van der Waals surface area contributed by atoms with Gasteiger partial charge in [0.25, 0.3) is 0 Å². The molecule has 1 aromatic rings. The van der Waals surface area contributed by atoms with Crippen molar-refractivity contribution in [3.05, 3.63) is 23.5 Å². The smallest absolute Gasteiger partial charge is 0.422 e. The number of pyridine rings is 1. The van der Waals surface area contributed by atoms with Gasteiger partial charge in [-0.05, 0) is 13.0 Å². The lowest BCUT2D eigenvalue weighted by molar-refractivity contribution is -0.153. The molecule has 1 rings (SSSR count). The Labute approximate surface area is 112 Å². The van der Waals surface area contributed by atoms with Crippen LogP contribution in [0.25, 0.3) is 0 Å². The summed E-state index contributed by atoms with van der Waals surface area (Å²) in [4.78, 5) is 4.05. The van der Waals surface area contributed by atoms with Crippen molar-refractivity contribution < 1.29 is 22.1 Å². The van der Waals surface area contributed by atoms with Gasteiger partial charge in [0.05, 0.1) is 11.4 Å². The molecule has 0 N–H and O–H groups in total. The first-order valence-corrected chi connectivity index (χ1v) is 7.10. The van der Waals surface area contributed by atoms with E-state index in [0.29, 0.717) is 11.3 Å². The second-order valence-corrected chi connectivity index (χ2v) is 6.35. The number of nitrogens with zero attached hydrogens (tertiary/aromatic N) is 1. The summed E-state index contributed by atoms with van der Waals surface area (Å²) in [6.45, 7) is 3.90. The summed E-state index contributed by atoms with van der Waals surface area (Å²) in [6.07, 6.45) is -3.01. The zero-order valence-electron chi connectivity index (χ0n) is 11.0. The molecule has 19 heavy (non-hydrogen) atoms. The fraction of sp³-hybridized carbons (Fsp3) is 0.583. The number of rotatable bonds is 5. The van der Waals surface area contributed by atoms with Crippen LogP contribution in [-0.2, 0) is 16.6 Å². The minimum Gasteiger partial charge on any atom is -0.484 e. The topological polar surface area (TPSA) is 39.2 Å². The Hall–Kier alpha value is -1.11. The zero-order chi connectivity index (χ0) is 14.6. The molecule has 0 amide bonds. The van der Waals surface area contributed by atoms with Gasteiger partial charge in [0.1, 0.15) is 5.75 Å². The van der Waals surface area contributed by atoms with E-state index in [9.17, 15) is 17.4 Å². The second kappa shape index (κ2) is 6.36. The summed E-state index contributed by atoms with van der Waals surface area (Å²) in [5, 5.41) is -0.0269. The van der Waals surface area contributed by atoms with Crippen LogP contribution in [0.1, 0.15) is 25.1 Å². The third-order valence-corrected chi connectivity index (χ3v) is 4.06. The molecule has 1 aromatic heterocycles. The Bertz CT molecular complexity index is 461. The van der Waals surface area contributed by atoms with Crippen LogP contribution in [0.15, 0.2) is 12.3 Å². The van der Waals surface area contributed by atoms with E-state index in [2.05, 4.69) is 4.98 Å². The van der Waals surface area contributed by atoms with Crippen molar-refractivity contribution in [2.75, 3.05) is 6.61 Å². The van der Waals surface area contributed by atoms with E-state index in [4.69, 9.17) is 4.74 Å². The molecule has 0 spiro atoms. The van der Waals surface area contributed by atoms with Crippen molar-refractivity contribution in [2.45, 2.75) is 38.0 Å². The minimum absolute atomic E-state index is 0.0269. The molecule has 0 fully saturated rings. The molecular formula is C12H16F3NO2S. The first kappa shape index (κ1) is 15.9. The fourth-order valence-electron chi connectivity index (χ4n) is 1.32. The molecule has 1 heterocycles. The average molecular weight is 295 g/mol. The van der Waals surface area contributed by atoms with Gasteiger partial charge in [-0.2, -0.15) is 13.2 Å². The third-order valence-electron chi connectivity index (χ3n) is 2.45. The number of hydrogen-bond donors (Lipinski definition) is 0. The van der Waals surface area contributed by atoms with Gasteiger partial charge >= 0.3 is 6.18 Å². The lowest BCUT2D eigenvalue weighted by atomic mass is 10.2. The van der Waals surface area contributed by atoms with Gasteiger partial charge < -0.3 is 4.74 Å². The van der Waals surface area contributed by atoms with Crippen LogP contribution in [0.3, 0.4) is 0 Å². The SMILES string of the molecule is Cc1c(OCC(F)(F)F)ccnc1CS(=O)C(C)C. The molecule has 0 aliphatic rings. The van der Waals surface area contributed by atoms with E-state index in [1.165, 1.54) is 12.3 Å². The van der Waals surface area contributed by atoms with Gasteiger partial charge in [0, 0.05) is 27.8 Å². The highest BCUT2D eigenvalue weighted by Gasteiger charge is 2.28. The summed E-state index contributed by atoms with van der Waals surface area (Å²) in [7, 11) is -1.10. The van der Waals surface area contributed by atoms with E-state index in [1.807, 2.05) is 13.8 Å². The molecule has 1 unspecified atom stereocenters. The predicted molar refractivity (Wildman–Crippen MR) is 67.5 cm³/mol. The molecule has 0 aliphatic carbocycles.